The Hall–Kier alpha value is -1.27. The maximum absolute atomic E-state index is 11.9. The summed E-state index contributed by atoms with van der Waals surface area (Å²) in [6.45, 7) is 4.26. The van der Waals surface area contributed by atoms with Gasteiger partial charge in [-0.1, -0.05) is 53.2 Å². The Morgan fingerprint density at radius 1 is 1.30 bits per heavy atom. The molecule has 4 nitrogen and oxygen atoms in total. The minimum atomic E-state index is -0.0698. The van der Waals surface area contributed by atoms with Crippen LogP contribution in [0.1, 0.15) is 24.4 Å². The number of hydrogen-bond donors (Lipinski definition) is 1. The first kappa shape index (κ1) is 15.1. The molecule has 0 aliphatic rings. The van der Waals surface area contributed by atoms with Crippen LogP contribution in [0.3, 0.4) is 0 Å². The number of aromatic nitrogens is 2. The Labute approximate surface area is 130 Å². The third kappa shape index (κ3) is 4.68. The maximum atomic E-state index is 11.9. The van der Waals surface area contributed by atoms with Crippen molar-refractivity contribution >= 4 is 38.3 Å². The summed E-state index contributed by atoms with van der Waals surface area (Å²) in [5, 5.41) is 12.4. The summed E-state index contributed by atoms with van der Waals surface area (Å²) >= 11 is 4.81. The fourth-order valence-corrected chi connectivity index (χ4v) is 2.92. The lowest BCUT2D eigenvalue weighted by Gasteiger charge is -2.01. The van der Waals surface area contributed by atoms with Crippen LogP contribution in [0.5, 0.6) is 0 Å². The predicted molar refractivity (Wildman–Crippen MR) is 84.9 cm³/mol. The zero-order chi connectivity index (χ0) is 14.5. The lowest BCUT2D eigenvalue weighted by Crippen LogP contribution is -2.14. The molecular formula is C14H16BrN3OS. The summed E-state index contributed by atoms with van der Waals surface area (Å²) < 4.78 is 1.00. The number of carbonyl (C=O) groups excluding carboxylic acids is 1. The summed E-state index contributed by atoms with van der Waals surface area (Å²) in [4.78, 5) is 11.9. The van der Waals surface area contributed by atoms with Crippen LogP contribution in [0.2, 0.25) is 0 Å². The van der Waals surface area contributed by atoms with E-state index in [0.717, 1.165) is 21.5 Å². The molecule has 2 aromatic rings. The van der Waals surface area contributed by atoms with E-state index in [-0.39, 0.29) is 5.91 Å². The highest BCUT2D eigenvalue weighted by atomic mass is 79.9. The number of nitrogens with zero attached hydrogens (tertiary/aromatic N) is 2. The highest BCUT2D eigenvalue weighted by molar-refractivity contribution is 9.10. The van der Waals surface area contributed by atoms with Gasteiger partial charge in [0.15, 0.2) is 0 Å². The molecule has 0 saturated carbocycles. The van der Waals surface area contributed by atoms with Crippen LogP contribution < -0.4 is 5.32 Å². The number of carbonyl (C=O) groups is 1. The molecule has 0 spiro atoms. The van der Waals surface area contributed by atoms with E-state index >= 15 is 0 Å². The lowest BCUT2D eigenvalue weighted by atomic mass is 10.1. The molecule has 1 aromatic carbocycles. The molecule has 0 unspecified atom stereocenters. The molecule has 0 atom stereocenters. The van der Waals surface area contributed by atoms with Crippen LogP contribution in [0, 0.1) is 5.92 Å². The van der Waals surface area contributed by atoms with Crippen LogP contribution in [-0.4, -0.2) is 16.1 Å². The summed E-state index contributed by atoms with van der Waals surface area (Å²) in [5.74, 6) is 0.467. The Balaban J connectivity index is 1.91. The molecule has 6 heteroatoms. The van der Waals surface area contributed by atoms with E-state index in [1.54, 1.807) is 0 Å². The van der Waals surface area contributed by atoms with Gasteiger partial charge in [0.2, 0.25) is 11.0 Å². The molecule has 0 aliphatic carbocycles. The van der Waals surface area contributed by atoms with Crippen molar-refractivity contribution in [3.8, 4) is 0 Å². The van der Waals surface area contributed by atoms with Crippen molar-refractivity contribution in [3.63, 3.8) is 0 Å². The minimum absolute atomic E-state index is 0.0698. The third-order valence-electron chi connectivity index (χ3n) is 2.57. The highest BCUT2D eigenvalue weighted by Gasteiger charge is 2.09. The molecule has 0 bridgehead atoms. The first-order chi connectivity index (χ1) is 9.52. The van der Waals surface area contributed by atoms with E-state index in [1.807, 2.05) is 24.3 Å². The second-order valence-electron chi connectivity index (χ2n) is 4.95. The van der Waals surface area contributed by atoms with Gasteiger partial charge in [-0.05, 0) is 23.6 Å². The molecule has 0 fully saturated rings. The van der Waals surface area contributed by atoms with Crippen LogP contribution >= 0.6 is 27.3 Å². The van der Waals surface area contributed by atoms with E-state index in [0.29, 0.717) is 17.5 Å². The third-order valence-corrected chi connectivity index (χ3v) is 3.96. The van der Waals surface area contributed by atoms with Gasteiger partial charge in [-0.15, -0.1) is 10.2 Å². The topological polar surface area (TPSA) is 54.9 Å². The maximum Gasteiger partial charge on any atom is 0.230 e. The molecule has 2 rings (SSSR count). The summed E-state index contributed by atoms with van der Waals surface area (Å²) in [7, 11) is 0. The van der Waals surface area contributed by atoms with E-state index in [4.69, 9.17) is 0 Å². The first-order valence-corrected chi connectivity index (χ1v) is 8.00. The number of anilines is 1. The number of nitrogens with one attached hydrogen (secondary N) is 1. The van der Waals surface area contributed by atoms with E-state index in [9.17, 15) is 4.79 Å². The Kier molecular flexibility index (Phi) is 5.25. The molecule has 1 amide bonds. The molecule has 0 aliphatic heterocycles. The predicted octanol–water partition coefficient (Wildman–Crippen LogP) is 3.68. The fourth-order valence-electron chi connectivity index (χ4n) is 1.69. The second kappa shape index (κ2) is 6.95. The Morgan fingerprint density at radius 2 is 2.00 bits per heavy atom. The first-order valence-electron chi connectivity index (χ1n) is 6.39. The number of amides is 1. The normalized spacial score (nSPS) is 10.8. The van der Waals surface area contributed by atoms with E-state index in [2.05, 4.69) is 45.3 Å². The quantitative estimate of drug-likeness (QED) is 0.891. The number of benzene rings is 1. The lowest BCUT2D eigenvalue weighted by molar-refractivity contribution is -0.115. The van der Waals surface area contributed by atoms with Gasteiger partial charge in [0.05, 0.1) is 6.42 Å². The zero-order valence-corrected chi connectivity index (χ0v) is 13.8. The van der Waals surface area contributed by atoms with Crippen LogP contribution in [0.15, 0.2) is 28.7 Å². The molecule has 20 heavy (non-hydrogen) atoms. The summed E-state index contributed by atoms with van der Waals surface area (Å²) in [6.07, 6.45) is 1.23. The van der Waals surface area contributed by atoms with Crippen LogP contribution in [0.4, 0.5) is 5.13 Å². The van der Waals surface area contributed by atoms with Gasteiger partial charge in [-0.3, -0.25) is 4.79 Å². The standard InChI is InChI=1S/C14H16BrN3OS/c1-9(2)7-13-17-18-14(20-13)16-12(19)8-10-3-5-11(15)6-4-10/h3-6,9H,7-8H2,1-2H3,(H,16,18,19). The largest absolute Gasteiger partial charge is 0.300 e. The van der Waals surface area contributed by atoms with Crippen molar-refractivity contribution in [3.05, 3.63) is 39.3 Å². The van der Waals surface area contributed by atoms with Crippen molar-refractivity contribution in [2.45, 2.75) is 26.7 Å². The molecule has 1 heterocycles. The number of rotatable bonds is 5. The molecule has 106 valence electrons. The molecule has 1 aromatic heterocycles. The van der Waals surface area contributed by atoms with Gasteiger partial charge >= 0.3 is 0 Å². The fraction of sp³-hybridized carbons (Fsp3) is 0.357. The van der Waals surface area contributed by atoms with Crippen molar-refractivity contribution in [1.29, 1.82) is 0 Å². The zero-order valence-electron chi connectivity index (χ0n) is 11.4. The molecule has 0 saturated heterocycles. The van der Waals surface area contributed by atoms with Crippen LogP contribution in [-0.2, 0) is 17.6 Å². The van der Waals surface area contributed by atoms with Gasteiger partial charge in [0.1, 0.15) is 5.01 Å². The smallest absolute Gasteiger partial charge is 0.230 e. The second-order valence-corrected chi connectivity index (χ2v) is 6.93. The Morgan fingerprint density at radius 3 is 2.65 bits per heavy atom. The van der Waals surface area contributed by atoms with E-state index < -0.39 is 0 Å². The van der Waals surface area contributed by atoms with Crippen LogP contribution in [0.25, 0.3) is 0 Å². The highest BCUT2D eigenvalue weighted by Crippen LogP contribution is 2.18. The Bertz CT molecular complexity index is 580. The van der Waals surface area contributed by atoms with Crippen molar-refractivity contribution in [2.75, 3.05) is 5.32 Å². The average Bonchev–Trinajstić information content (AvgIpc) is 2.78. The minimum Gasteiger partial charge on any atom is -0.300 e. The monoisotopic (exact) mass is 353 g/mol. The molecule has 1 N–H and O–H groups in total. The van der Waals surface area contributed by atoms with Gasteiger partial charge in [0.25, 0.3) is 0 Å². The van der Waals surface area contributed by atoms with Crippen molar-refractivity contribution in [1.82, 2.24) is 10.2 Å². The molecular weight excluding hydrogens is 338 g/mol. The van der Waals surface area contributed by atoms with Crippen molar-refractivity contribution < 1.29 is 4.79 Å². The molecule has 0 radical (unpaired) electrons. The van der Waals surface area contributed by atoms with Gasteiger partial charge in [-0.2, -0.15) is 0 Å². The number of hydrogen-bond acceptors (Lipinski definition) is 4. The summed E-state index contributed by atoms with van der Waals surface area (Å²) in [6, 6.07) is 7.70. The van der Waals surface area contributed by atoms with E-state index in [1.165, 1.54) is 11.3 Å². The van der Waals surface area contributed by atoms with Gasteiger partial charge in [0, 0.05) is 10.9 Å². The van der Waals surface area contributed by atoms with Gasteiger partial charge in [-0.25, -0.2) is 0 Å². The van der Waals surface area contributed by atoms with Gasteiger partial charge < -0.3 is 5.32 Å². The summed E-state index contributed by atoms with van der Waals surface area (Å²) in [5.41, 5.74) is 0.970. The SMILES string of the molecule is CC(C)Cc1nnc(NC(=O)Cc2ccc(Br)cc2)s1. The average molecular weight is 354 g/mol. The number of halogens is 1. The van der Waals surface area contributed by atoms with Crippen molar-refractivity contribution in [2.24, 2.45) is 5.92 Å².